The van der Waals surface area contributed by atoms with Crippen molar-refractivity contribution >= 4 is 41.4 Å². The largest absolute Gasteiger partial charge is 0.483 e. The zero-order valence-corrected chi connectivity index (χ0v) is 10.7. The molecule has 78 valence electrons. The molecule has 0 aliphatic rings. The molecule has 14 heavy (non-hydrogen) atoms. The van der Waals surface area contributed by atoms with E-state index in [0.29, 0.717) is 10.8 Å². The minimum absolute atomic E-state index is 0. The van der Waals surface area contributed by atoms with Gasteiger partial charge in [0.15, 0.2) is 6.10 Å². The molecule has 1 aromatic carbocycles. The molecule has 0 saturated heterocycles. The van der Waals surface area contributed by atoms with Crippen LogP contribution in [0.5, 0.6) is 5.75 Å². The standard InChI is InChI=1S/C9H11ClN2O.HI/c1-6(9(11)12)13-8-4-2-3-7(10)5-8;/h2-6H,1H3,(H3,11,12);1H. The van der Waals surface area contributed by atoms with E-state index < -0.39 is 6.10 Å². The summed E-state index contributed by atoms with van der Waals surface area (Å²) in [7, 11) is 0. The van der Waals surface area contributed by atoms with Gasteiger partial charge in [-0.1, -0.05) is 17.7 Å². The van der Waals surface area contributed by atoms with Crippen LogP contribution < -0.4 is 10.5 Å². The van der Waals surface area contributed by atoms with E-state index in [1.807, 2.05) is 0 Å². The fraction of sp³-hybridized carbons (Fsp3) is 0.222. The molecule has 3 nitrogen and oxygen atoms in total. The van der Waals surface area contributed by atoms with Gasteiger partial charge in [-0.3, -0.25) is 5.41 Å². The molecule has 0 heterocycles. The quantitative estimate of drug-likeness (QED) is 0.510. The lowest BCUT2D eigenvalue weighted by Gasteiger charge is -2.12. The summed E-state index contributed by atoms with van der Waals surface area (Å²) in [4.78, 5) is 0. The van der Waals surface area contributed by atoms with E-state index in [9.17, 15) is 0 Å². The average Bonchev–Trinajstić information content (AvgIpc) is 2.04. The highest BCUT2D eigenvalue weighted by Crippen LogP contribution is 2.18. The monoisotopic (exact) mass is 326 g/mol. The normalized spacial score (nSPS) is 11.3. The summed E-state index contributed by atoms with van der Waals surface area (Å²) in [6.07, 6.45) is -0.418. The molecule has 1 unspecified atom stereocenters. The third-order valence-corrected chi connectivity index (χ3v) is 1.78. The molecule has 0 bridgehead atoms. The van der Waals surface area contributed by atoms with Crippen molar-refractivity contribution in [1.29, 1.82) is 5.41 Å². The number of nitrogens with one attached hydrogen (secondary N) is 1. The van der Waals surface area contributed by atoms with E-state index in [-0.39, 0.29) is 29.8 Å². The van der Waals surface area contributed by atoms with Gasteiger partial charge in [-0.15, -0.1) is 24.0 Å². The van der Waals surface area contributed by atoms with Crippen LogP contribution in [-0.4, -0.2) is 11.9 Å². The Balaban J connectivity index is 0.00000169. The van der Waals surface area contributed by atoms with Gasteiger partial charge in [0.05, 0.1) is 0 Å². The number of hydrogen-bond acceptors (Lipinski definition) is 2. The molecule has 0 saturated carbocycles. The molecule has 0 spiro atoms. The molecular formula is C9H12ClIN2O. The van der Waals surface area contributed by atoms with Crippen molar-refractivity contribution in [2.75, 3.05) is 0 Å². The van der Waals surface area contributed by atoms with Crippen LogP contribution >= 0.6 is 35.6 Å². The second-order valence-electron chi connectivity index (χ2n) is 2.67. The lowest BCUT2D eigenvalue weighted by molar-refractivity contribution is 0.285. The maximum Gasteiger partial charge on any atom is 0.152 e. The number of benzene rings is 1. The van der Waals surface area contributed by atoms with Gasteiger partial charge >= 0.3 is 0 Å². The Hall–Kier alpha value is -0.490. The fourth-order valence-electron chi connectivity index (χ4n) is 0.808. The highest BCUT2D eigenvalue weighted by Gasteiger charge is 2.06. The van der Waals surface area contributed by atoms with E-state index >= 15 is 0 Å². The van der Waals surface area contributed by atoms with Gasteiger partial charge in [-0.2, -0.15) is 0 Å². The van der Waals surface area contributed by atoms with Crippen LogP contribution in [0, 0.1) is 5.41 Å². The summed E-state index contributed by atoms with van der Waals surface area (Å²) in [5.74, 6) is 0.621. The van der Waals surface area contributed by atoms with E-state index in [1.54, 1.807) is 31.2 Å². The first-order valence-corrected chi connectivity index (χ1v) is 4.23. The number of halogens is 2. The first-order valence-electron chi connectivity index (χ1n) is 3.85. The lowest BCUT2D eigenvalue weighted by atomic mass is 10.3. The molecule has 0 radical (unpaired) electrons. The van der Waals surface area contributed by atoms with Crippen molar-refractivity contribution in [3.8, 4) is 5.75 Å². The van der Waals surface area contributed by atoms with Crippen LogP contribution in [0.4, 0.5) is 0 Å². The Kier molecular flexibility index (Phi) is 5.87. The molecular weight excluding hydrogens is 314 g/mol. The topological polar surface area (TPSA) is 59.1 Å². The van der Waals surface area contributed by atoms with Gasteiger partial charge < -0.3 is 10.5 Å². The predicted molar refractivity (Wildman–Crippen MR) is 68.9 cm³/mol. The minimum atomic E-state index is -0.418. The van der Waals surface area contributed by atoms with E-state index in [2.05, 4.69) is 0 Å². The van der Waals surface area contributed by atoms with Crippen molar-refractivity contribution in [3.05, 3.63) is 29.3 Å². The maximum atomic E-state index is 7.12. The van der Waals surface area contributed by atoms with Crippen molar-refractivity contribution < 1.29 is 4.74 Å². The Bertz CT molecular complexity index is 319. The number of rotatable bonds is 3. The molecule has 0 amide bonds. The second kappa shape index (κ2) is 6.08. The van der Waals surface area contributed by atoms with Gasteiger partial charge in [-0.05, 0) is 25.1 Å². The van der Waals surface area contributed by atoms with Crippen molar-refractivity contribution in [2.45, 2.75) is 13.0 Å². The average molecular weight is 327 g/mol. The zero-order valence-electron chi connectivity index (χ0n) is 7.66. The van der Waals surface area contributed by atoms with Crippen LogP contribution in [0.3, 0.4) is 0 Å². The molecule has 5 heteroatoms. The smallest absolute Gasteiger partial charge is 0.152 e. The van der Waals surface area contributed by atoms with Gasteiger partial charge in [0.25, 0.3) is 0 Å². The summed E-state index contributed by atoms with van der Waals surface area (Å²) in [6.45, 7) is 1.71. The summed E-state index contributed by atoms with van der Waals surface area (Å²) in [5, 5.41) is 7.73. The van der Waals surface area contributed by atoms with Gasteiger partial charge in [-0.25, -0.2) is 0 Å². The van der Waals surface area contributed by atoms with Crippen LogP contribution in [0.2, 0.25) is 5.02 Å². The summed E-state index contributed by atoms with van der Waals surface area (Å²) < 4.78 is 5.32. The SMILES string of the molecule is CC(Oc1cccc(Cl)c1)C(=N)N.I. The molecule has 3 N–H and O–H groups in total. The third-order valence-electron chi connectivity index (χ3n) is 1.55. The summed E-state index contributed by atoms with van der Waals surface area (Å²) in [6, 6.07) is 6.99. The number of ether oxygens (including phenoxy) is 1. The Morgan fingerprint density at radius 3 is 2.71 bits per heavy atom. The summed E-state index contributed by atoms with van der Waals surface area (Å²) in [5.41, 5.74) is 5.25. The fourth-order valence-corrected chi connectivity index (χ4v) is 0.988. The van der Waals surface area contributed by atoms with Gasteiger partial charge in [0.1, 0.15) is 11.6 Å². The summed E-state index contributed by atoms with van der Waals surface area (Å²) >= 11 is 5.74. The van der Waals surface area contributed by atoms with E-state index in [1.165, 1.54) is 0 Å². The predicted octanol–water partition coefficient (Wildman–Crippen LogP) is 2.66. The Morgan fingerprint density at radius 1 is 1.57 bits per heavy atom. The Morgan fingerprint density at radius 2 is 2.21 bits per heavy atom. The van der Waals surface area contributed by atoms with Crippen molar-refractivity contribution in [3.63, 3.8) is 0 Å². The molecule has 0 fully saturated rings. The maximum absolute atomic E-state index is 7.12. The van der Waals surface area contributed by atoms with Gasteiger partial charge in [0, 0.05) is 5.02 Å². The number of hydrogen-bond donors (Lipinski definition) is 2. The van der Waals surface area contributed by atoms with Crippen LogP contribution in [0.25, 0.3) is 0 Å². The van der Waals surface area contributed by atoms with Gasteiger partial charge in [0.2, 0.25) is 0 Å². The highest BCUT2D eigenvalue weighted by atomic mass is 127. The van der Waals surface area contributed by atoms with Crippen LogP contribution in [-0.2, 0) is 0 Å². The van der Waals surface area contributed by atoms with E-state index in [4.69, 9.17) is 27.5 Å². The number of amidine groups is 1. The molecule has 1 atom stereocenters. The van der Waals surface area contributed by atoms with Crippen molar-refractivity contribution in [2.24, 2.45) is 5.73 Å². The molecule has 1 aromatic rings. The van der Waals surface area contributed by atoms with E-state index in [0.717, 1.165) is 0 Å². The zero-order chi connectivity index (χ0) is 9.84. The van der Waals surface area contributed by atoms with Crippen LogP contribution in [0.15, 0.2) is 24.3 Å². The molecule has 0 aliphatic carbocycles. The molecule has 0 aliphatic heterocycles. The van der Waals surface area contributed by atoms with Crippen molar-refractivity contribution in [1.82, 2.24) is 0 Å². The minimum Gasteiger partial charge on any atom is -0.483 e. The molecule has 0 aromatic heterocycles. The van der Waals surface area contributed by atoms with Crippen LogP contribution in [0.1, 0.15) is 6.92 Å². The lowest BCUT2D eigenvalue weighted by Crippen LogP contribution is -2.29. The Labute approximate surface area is 105 Å². The first kappa shape index (κ1) is 13.5. The molecule has 1 rings (SSSR count). The number of nitrogens with two attached hydrogens (primary N) is 1. The third kappa shape index (κ3) is 4.15. The second-order valence-corrected chi connectivity index (χ2v) is 3.11. The first-order chi connectivity index (χ1) is 6.09. The highest BCUT2D eigenvalue weighted by molar-refractivity contribution is 14.0.